The molecule has 2 atom stereocenters. The van der Waals surface area contributed by atoms with E-state index in [4.69, 9.17) is 14.2 Å². The van der Waals surface area contributed by atoms with E-state index in [1.807, 2.05) is 35.2 Å². The Balaban J connectivity index is 0.868. The fraction of sp³-hybridized carbons (Fsp3) is 0.465. The van der Waals surface area contributed by atoms with Crippen molar-refractivity contribution in [3.8, 4) is 17.2 Å². The molecule has 0 aliphatic carbocycles. The van der Waals surface area contributed by atoms with Crippen molar-refractivity contribution in [1.82, 2.24) is 20.1 Å². The highest BCUT2D eigenvalue weighted by molar-refractivity contribution is 5.95. The topological polar surface area (TPSA) is 154 Å². The number of nitrogens with zero attached hydrogens (tertiary/aromatic N) is 2. The zero-order chi connectivity index (χ0) is 38.4. The van der Waals surface area contributed by atoms with Crippen molar-refractivity contribution in [2.75, 3.05) is 59.5 Å². The van der Waals surface area contributed by atoms with E-state index in [2.05, 4.69) is 15.2 Å². The van der Waals surface area contributed by atoms with Gasteiger partial charge in [0, 0.05) is 43.2 Å². The van der Waals surface area contributed by atoms with E-state index < -0.39 is 11.5 Å². The Labute approximate surface area is 321 Å². The average Bonchev–Trinajstić information content (AvgIpc) is 3.22. The van der Waals surface area contributed by atoms with Gasteiger partial charge in [0.15, 0.2) is 11.5 Å². The number of aromatic nitrogens is 1. The third kappa shape index (κ3) is 8.51. The number of H-pyrrole nitrogens is 1. The largest absolute Gasteiger partial charge is 0.506 e. The standard InChI is InChI=1S/C43H52N4O8/c1-53-37-26-30(10-14-36(37)54-25-7-3-6-20-44-27-35(49)32-11-13-34(48)40-33(32)12-15-39(50)45-40)41(51)47-23-18-43(19-24-47,31-8-4-2-5-9-31)42(52)55-38-28-46-21-16-29(38)17-22-46/h2,4-5,8-15,26,29,35,38,44,48-49H,3,6-7,16-25,27-28H2,1H3,(H,45,50)/t35?,38-/m0/s1. The molecule has 4 aromatic rings. The number of phenolic OH excluding ortho intramolecular Hbond substituents is 1. The fourth-order valence-electron chi connectivity index (χ4n) is 8.47. The summed E-state index contributed by atoms with van der Waals surface area (Å²) in [6.07, 6.45) is 4.86. The van der Waals surface area contributed by atoms with Gasteiger partial charge in [-0.2, -0.15) is 0 Å². The molecular formula is C43H52N4O8. The quantitative estimate of drug-likeness (QED) is 0.0972. The summed E-state index contributed by atoms with van der Waals surface area (Å²) in [5.74, 6) is 1.18. The maximum atomic E-state index is 14.0. The zero-order valence-corrected chi connectivity index (χ0v) is 31.5. The number of phenols is 1. The minimum atomic E-state index is -0.805. The molecule has 4 saturated heterocycles. The number of aliphatic hydroxyl groups is 1. The number of aromatic amines is 1. The summed E-state index contributed by atoms with van der Waals surface area (Å²) in [7, 11) is 1.56. The first-order valence-electron chi connectivity index (χ1n) is 19.6. The molecule has 1 aromatic heterocycles. The van der Waals surface area contributed by atoms with Gasteiger partial charge in [0.25, 0.3) is 5.91 Å². The van der Waals surface area contributed by atoms with Gasteiger partial charge in [-0.25, -0.2) is 0 Å². The maximum absolute atomic E-state index is 14.0. The minimum absolute atomic E-state index is 0.0376. The zero-order valence-electron chi connectivity index (χ0n) is 31.5. The number of fused-ring (bicyclic) bond motifs is 4. The predicted octanol–water partition coefficient (Wildman–Crippen LogP) is 4.93. The number of hydrogen-bond acceptors (Lipinski definition) is 10. The monoisotopic (exact) mass is 752 g/mol. The molecule has 3 aromatic carbocycles. The molecule has 4 aliphatic rings. The Bertz CT molecular complexity index is 2000. The van der Waals surface area contributed by atoms with Gasteiger partial charge in [0.1, 0.15) is 11.9 Å². The van der Waals surface area contributed by atoms with Crippen LogP contribution >= 0.6 is 0 Å². The molecule has 0 saturated carbocycles. The second-order valence-corrected chi connectivity index (χ2v) is 15.1. The van der Waals surface area contributed by atoms with Crippen LogP contribution in [0.4, 0.5) is 0 Å². The summed E-state index contributed by atoms with van der Waals surface area (Å²) >= 11 is 0. The molecule has 5 heterocycles. The van der Waals surface area contributed by atoms with E-state index in [1.165, 1.54) is 12.1 Å². The van der Waals surface area contributed by atoms with Crippen LogP contribution in [0.15, 0.2) is 77.6 Å². The second kappa shape index (κ2) is 17.3. The number of likely N-dealkylation sites (tertiary alicyclic amines) is 1. The van der Waals surface area contributed by atoms with E-state index in [9.17, 15) is 24.6 Å². The summed E-state index contributed by atoms with van der Waals surface area (Å²) in [5, 5.41) is 24.7. The lowest BCUT2D eigenvalue weighted by atomic mass is 9.72. The van der Waals surface area contributed by atoms with Gasteiger partial charge in [-0.05, 0) is 112 Å². The highest BCUT2D eigenvalue weighted by Crippen LogP contribution is 2.40. The molecule has 4 aliphatic heterocycles. The summed E-state index contributed by atoms with van der Waals surface area (Å²) in [4.78, 5) is 46.3. The number of carbonyl (C=O) groups excluding carboxylic acids is 2. The first-order valence-corrected chi connectivity index (χ1v) is 19.6. The van der Waals surface area contributed by atoms with Gasteiger partial charge in [0.05, 0.1) is 30.8 Å². The third-order valence-corrected chi connectivity index (χ3v) is 11.7. The number of benzene rings is 3. The Kier molecular flexibility index (Phi) is 12.0. The van der Waals surface area contributed by atoms with Crippen molar-refractivity contribution in [3.05, 3.63) is 99.8 Å². The summed E-state index contributed by atoms with van der Waals surface area (Å²) in [6.45, 7) is 5.36. The smallest absolute Gasteiger partial charge is 0.317 e. The van der Waals surface area contributed by atoms with Crippen LogP contribution in [-0.4, -0.2) is 103 Å². The van der Waals surface area contributed by atoms with Crippen LogP contribution in [-0.2, 0) is 14.9 Å². The van der Waals surface area contributed by atoms with Crippen LogP contribution in [0.1, 0.15) is 72.5 Å². The van der Waals surface area contributed by atoms with Crippen molar-refractivity contribution in [3.63, 3.8) is 0 Å². The van der Waals surface area contributed by atoms with E-state index in [0.29, 0.717) is 85.1 Å². The highest BCUT2D eigenvalue weighted by Gasteiger charge is 2.47. The van der Waals surface area contributed by atoms with E-state index in [0.717, 1.165) is 57.3 Å². The Morgan fingerprint density at radius 1 is 0.945 bits per heavy atom. The van der Waals surface area contributed by atoms with Crippen molar-refractivity contribution in [2.24, 2.45) is 5.92 Å². The van der Waals surface area contributed by atoms with Crippen LogP contribution in [0.3, 0.4) is 0 Å². The Morgan fingerprint density at radius 2 is 1.73 bits per heavy atom. The summed E-state index contributed by atoms with van der Waals surface area (Å²) in [5.41, 5.74) is 1.29. The van der Waals surface area contributed by atoms with Gasteiger partial charge in [-0.15, -0.1) is 0 Å². The minimum Gasteiger partial charge on any atom is -0.506 e. The number of unbranched alkanes of at least 4 members (excludes halogenated alkanes) is 2. The molecule has 1 unspecified atom stereocenters. The molecule has 4 fully saturated rings. The third-order valence-electron chi connectivity index (χ3n) is 11.7. The van der Waals surface area contributed by atoms with Crippen molar-refractivity contribution in [1.29, 1.82) is 0 Å². The van der Waals surface area contributed by atoms with Crippen molar-refractivity contribution >= 4 is 22.8 Å². The van der Waals surface area contributed by atoms with Gasteiger partial charge >= 0.3 is 5.97 Å². The van der Waals surface area contributed by atoms with Gasteiger partial charge in [-0.1, -0.05) is 36.4 Å². The SMILES string of the molecule is COc1cc(C(=O)N2CCC(C(=O)O[C@H]3CN4CCC3CC4)(c3ccccc3)CC2)ccc1OCCCCCNCC(O)c1ccc(O)c2[nH]c(=O)ccc12. The Hall–Kier alpha value is -4.91. The number of esters is 1. The highest BCUT2D eigenvalue weighted by atomic mass is 16.5. The lowest BCUT2D eigenvalue weighted by Crippen LogP contribution is -2.55. The summed E-state index contributed by atoms with van der Waals surface area (Å²) < 4.78 is 18.0. The summed E-state index contributed by atoms with van der Waals surface area (Å²) in [6, 6.07) is 21.3. The van der Waals surface area contributed by atoms with E-state index in [1.54, 1.807) is 37.4 Å². The van der Waals surface area contributed by atoms with Gasteiger partial charge in [0.2, 0.25) is 5.56 Å². The number of aromatic hydroxyl groups is 1. The fourth-order valence-corrected chi connectivity index (χ4v) is 8.47. The molecule has 12 nitrogen and oxygen atoms in total. The first kappa shape index (κ1) is 38.4. The molecule has 55 heavy (non-hydrogen) atoms. The molecule has 8 rings (SSSR count). The molecule has 0 radical (unpaired) electrons. The number of ether oxygens (including phenoxy) is 3. The molecule has 2 bridgehead atoms. The Morgan fingerprint density at radius 3 is 2.45 bits per heavy atom. The molecular weight excluding hydrogens is 700 g/mol. The number of rotatable bonds is 15. The number of aliphatic hydroxyl groups excluding tert-OH is 1. The number of carbonyl (C=O) groups is 2. The predicted molar refractivity (Wildman–Crippen MR) is 209 cm³/mol. The molecule has 4 N–H and O–H groups in total. The molecule has 1 amide bonds. The van der Waals surface area contributed by atoms with Crippen LogP contribution in [0.25, 0.3) is 10.9 Å². The van der Waals surface area contributed by atoms with Crippen molar-refractivity contribution in [2.45, 2.75) is 62.6 Å². The number of hydrogen-bond donors (Lipinski definition) is 4. The normalized spacial score (nSPS) is 20.9. The first-order chi connectivity index (χ1) is 26.8. The van der Waals surface area contributed by atoms with Crippen LogP contribution in [0.5, 0.6) is 17.2 Å². The second-order valence-electron chi connectivity index (χ2n) is 15.1. The maximum Gasteiger partial charge on any atom is 0.317 e. The van der Waals surface area contributed by atoms with E-state index in [-0.39, 0.29) is 29.3 Å². The van der Waals surface area contributed by atoms with Crippen LogP contribution < -0.4 is 20.3 Å². The van der Waals surface area contributed by atoms with Crippen LogP contribution in [0, 0.1) is 5.92 Å². The van der Waals surface area contributed by atoms with Crippen molar-refractivity contribution < 1.29 is 34.0 Å². The lowest BCUT2D eigenvalue weighted by Gasteiger charge is -2.46. The number of piperidine rings is 4. The van der Waals surface area contributed by atoms with Gasteiger partial charge in [-0.3, -0.25) is 19.3 Å². The lowest BCUT2D eigenvalue weighted by molar-refractivity contribution is -0.167. The van der Waals surface area contributed by atoms with Gasteiger partial charge < -0.3 is 39.6 Å². The number of amides is 1. The average molecular weight is 753 g/mol. The molecule has 0 spiro atoms. The molecule has 292 valence electrons. The number of methoxy groups -OCH3 is 1. The van der Waals surface area contributed by atoms with Crippen LogP contribution in [0.2, 0.25) is 0 Å². The number of pyridine rings is 1. The molecule has 12 heteroatoms. The number of nitrogens with one attached hydrogen (secondary N) is 2. The van der Waals surface area contributed by atoms with E-state index >= 15 is 0 Å².